The second-order valence-electron chi connectivity index (χ2n) is 6.82. The first-order chi connectivity index (χ1) is 11.2. The molecule has 0 unspecified atom stereocenters. The molecule has 1 saturated heterocycles. The predicted molar refractivity (Wildman–Crippen MR) is 102 cm³/mol. The molecule has 2 aliphatic rings. The zero-order valence-electron chi connectivity index (χ0n) is 13.4. The molecular formula is C20H22BrNS. The third kappa shape index (κ3) is 3.24. The molecule has 2 aromatic carbocycles. The molecular weight excluding hydrogens is 366 g/mol. The number of alkyl halides is 1. The lowest BCUT2D eigenvalue weighted by molar-refractivity contribution is 0.211. The monoisotopic (exact) mass is 387 g/mol. The van der Waals surface area contributed by atoms with Crippen LogP contribution in [0, 0.1) is 12.8 Å². The maximum absolute atomic E-state index is 4.00. The van der Waals surface area contributed by atoms with Crippen LogP contribution in [0.1, 0.15) is 17.5 Å². The van der Waals surface area contributed by atoms with Gasteiger partial charge in [-0.25, -0.2) is 0 Å². The van der Waals surface area contributed by atoms with Gasteiger partial charge in [-0.1, -0.05) is 64.0 Å². The van der Waals surface area contributed by atoms with Crippen molar-refractivity contribution in [3.63, 3.8) is 0 Å². The van der Waals surface area contributed by atoms with Gasteiger partial charge < -0.3 is 0 Å². The molecule has 2 aromatic rings. The highest BCUT2D eigenvalue weighted by Crippen LogP contribution is 2.49. The number of thioether (sulfide) groups is 1. The molecule has 3 heteroatoms. The van der Waals surface area contributed by atoms with E-state index in [1.165, 1.54) is 29.0 Å². The lowest BCUT2D eigenvalue weighted by Crippen LogP contribution is -2.40. The quantitative estimate of drug-likeness (QED) is 0.669. The summed E-state index contributed by atoms with van der Waals surface area (Å²) in [6.45, 7) is 4.47. The number of halogens is 1. The fourth-order valence-electron chi connectivity index (χ4n) is 3.98. The molecule has 1 aliphatic heterocycles. The fourth-order valence-corrected chi connectivity index (χ4v) is 6.74. The highest BCUT2D eigenvalue weighted by atomic mass is 79.9. The number of aryl methyl sites for hydroxylation is 1. The van der Waals surface area contributed by atoms with E-state index in [4.69, 9.17) is 0 Å². The van der Waals surface area contributed by atoms with Crippen molar-refractivity contribution in [1.29, 1.82) is 0 Å². The Labute approximate surface area is 151 Å². The van der Waals surface area contributed by atoms with Crippen LogP contribution in [0.4, 0.5) is 0 Å². The lowest BCUT2D eigenvalue weighted by atomic mass is 10.1. The first-order valence-corrected chi connectivity index (χ1v) is 10.2. The average Bonchev–Trinajstić information content (AvgIpc) is 3.02. The van der Waals surface area contributed by atoms with Gasteiger partial charge in [0.2, 0.25) is 0 Å². The van der Waals surface area contributed by atoms with Crippen LogP contribution in [0.15, 0.2) is 59.5 Å². The van der Waals surface area contributed by atoms with E-state index < -0.39 is 0 Å². The van der Waals surface area contributed by atoms with Gasteiger partial charge in [-0.05, 0) is 37.0 Å². The maximum atomic E-state index is 4.00. The van der Waals surface area contributed by atoms with E-state index in [-0.39, 0.29) is 0 Å². The van der Waals surface area contributed by atoms with Crippen molar-refractivity contribution >= 4 is 27.7 Å². The molecule has 0 aromatic heterocycles. The molecule has 0 amide bonds. The maximum Gasteiger partial charge on any atom is 0.0353 e. The lowest BCUT2D eigenvalue weighted by Gasteiger charge is -2.33. The Morgan fingerprint density at radius 3 is 2.52 bits per heavy atom. The first-order valence-electron chi connectivity index (χ1n) is 8.36. The van der Waals surface area contributed by atoms with E-state index in [0.717, 1.165) is 12.5 Å². The molecule has 120 valence electrons. The molecule has 0 spiro atoms. The predicted octanol–water partition coefficient (Wildman–Crippen LogP) is 5.12. The van der Waals surface area contributed by atoms with Crippen LogP contribution in [0.2, 0.25) is 0 Å². The van der Waals surface area contributed by atoms with E-state index in [0.29, 0.717) is 16.1 Å². The van der Waals surface area contributed by atoms with Crippen LogP contribution < -0.4 is 0 Å². The molecule has 0 radical (unpaired) electrons. The van der Waals surface area contributed by atoms with Crippen LogP contribution in [0.3, 0.4) is 0 Å². The minimum absolute atomic E-state index is 0.645. The van der Waals surface area contributed by atoms with Crippen LogP contribution in [0.25, 0.3) is 0 Å². The number of piperidine rings is 1. The second-order valence-corrected chi connectivity index (χ2v) is 9.19. The number of hydrogen-bond donors (Lipinski definition) is 0. The topological polar surface area (TPSA) is 3.24 Å². The number of fused-ring (bicyclic) bond motifs is 2. The number of hydrogen-bond acceptors (Lipinski definition) is 2. The Bertz CT molecular complexity index is 657. The molecule has 4 rings (SSSR count). The van der Waals surface area contributed by atoms with Crippen molar-refractivity contribution in [2.75, 3.05) is 6.54 Å². The summed E-state index contributed by atoms with van der Waals surface area (Å²) in [6, 6.07) is 20.5. The van der Waals surface area contributed by atoms with Gasteiger partial charge in [0.05, 0.1) is 0 Å². The highest BCUT2D eigenvalue weighted by molar-refractivity contribution is 9.09. The largest absolute Gasteiger partial charge is 0.294 e. The SMILES string of the molecule is Cc1ccc(S[C@@H]2C[C@H]3CN(Cc4ccccc4)[C@H]2[C@H]3Br)cc1. The summed E-state index contributed by atoms with van der Waals surface area (Å²) in [5, 5.41) is 0.699. The molecule has 2 fully saturated rings. The van der Waals surface area contributed by atoms with Crippen molar-refractivity contribution in [2.45, 2.75) is 40.9 Å². The normalized spacial score (nSPS) is 30.0. The van der Waals surface area contributed by atoms with Crippen molar-refractivity contribution in [2.24, 2.45) is 5.92 Å². The summed E-state index contributed by atoms with van der Waals surface area (Å²) >= 11 is 6.07. The minimum Gasteiger partial charge on any atom is -0.294 e. The van der Waals surface area contributed by atoms with Gasteiger partial charge in [-0.2, -0.15) is 0 Å². The van der Waals surface area contributed by atoms with Gasteiger partial charge in [0.15, 0.2) is 0 Å². The first kappa shape index (κ1) is 15.7. The van der Waals surface area contributed by atoms with Crippen molar-refractivity contribution < 1.29 is 0 Å². The van der Waals surface area contributed by atoms with Crippen LogP contribution in [0.5, 0.6) is 0 Å². The second kappa shape index (κ2) is 6.62. The standard InChI is InChI=1S/C20H22BrNS/c1-14-7-9-17(10-8-14)23-18-11-16-13-22(20(18)19(16)21)12-15-5-3-2-4-6-15/h2-10,16,18-20H,11-13H2,1H3/t16-,18+,19-,20+/m0/s1. The summed E-state index contributed by atoms with van der Waals surface area (Å²) < 4.78 is 0. The molecule has 1 saturated carbocycles. The van der Waals surface area contributed by atoms with Gasteiger partial charge in [0.25, 0.3) is 0 Å². The van der Waals surface area contributed by atoms with E-state index in [1.807, 2.05) is 0 Å². The smallest absolute Gasteiger partial charge is 0.0353 e. The zero-order valence-corrected chi connectivity index (χ0v) is 15.8. The summed E-state index contributed by atoms with van der Waals surface area (Å²) in [5.74, 6) is 0.798. The molecule has 4 atom stereocenters. The molecule has 0 N–H and O–H groups in total. The molecule has 1 heterocycles. The Morgan fingerprint density at radius 2 is 1.83 bits per heavy atom. The van der Waals surface area contributed by atoms with Crippen LogP contribution >= 0.6 is 27.7 Å². The van der Waals surface area contributed by atoms with Gasteiger partial charge in [0.1, 0.15) is 0 Å². The van der Waals surface area contributed by atoms with Gasteiger partial charge in [-0.3, -0.25) is 4.90 Å². The van der Waals surface area contributed by atoms with Crippen molar-refractivity contribution in [1.82, 2.24) is 4.90 Å². The van der Waals surface area contributed by atoms with Crippen LogP contribution in [-0.4, -0.2) is 27.6 Å². The molecule has 23 heavy (non-hydrogen) atoms. The number of benzene rings is 2. The van der Waals surface area contributed by atoms with E-state index in [2.05, 4.69) is 94.1 Å². The van der Waals surface area contributed by atoms with E-state index in [1.54, 1.807) is 0 Å². The van der Waals surface area contributed by atoms with Crippen molar-refractivity contribution in [3.05, 3.63) is 65.7 Å². The van der Waals surface area contributed by atoms with Gasteiger partial charge >= 0.3 is 0 Å². The van der Waals surface area contributed by atoms with E-state index in [9.17, 15) is 0 Å². The van der Waals surface area contributed by atoms with E-state index >= 15 is 0 Å². The summed E-state index contributed by atoms with van der Waals surface area (Å²) in [7, 11) is 0. The number of rotatable bonds is 4. The van der Waals surface area contributed by atoms with Gasteiger partial charge in [0, 0.05) is 34.1 Å². The Morgan fingerprint density at radius 1 is 1.09 bits per heavy atom. The molecule has 2 bridgehead atoms. The average molecular weight is 388 g/mol. The number of likely N-dealkylation sites (tertiary alicyclic amines) is 1. The van der Waals surface area contributed by atoms with Gasteiger partial charge in [-0.15, -0.1) is 11.8 Å². The number of nitrogens with zero attached hydrogens (tertiary/aromatic N) is 1. The summed E-state index contributed by atoms with van der Waals surface area (Å²) in [6.07, 6.45) is 1.34. The Kier molecular flexibility index (Phi) is 4.53. The Hall–Kier alpha value is -0.770. The zero-order chi connectivity index (χ0) is 15.8. The van der Waals surface area contributed by atoms with Crippen LogP contribution in [-0.2, 0) is 6.54 Å². The third-order valence-corrected chi connectivity index (χ3v) is 7.73. The molecule has 1 nitrogen and oxygen atoms in total. The van der Waals surface area contributed by atoms with Crippen molar-refractivity contribution in [3.8, 4) is 0 Å². The summed E-state index contributed by atoms with van der Waals surface area (Å²) in [5.41, 5.74) is 2.77. The fraction of sp³-hybridized carbons (Fsp3) is 0.400. The highest BCUT2D eigenvalue weighted by Gasteiger charge is 2.51. The minimum atomic E-state index is 0.645. The third-order valence-electron chi connectivity index (χ3n) is 5.12. The Balaban J connectivity index is 1.48. The summed E-state index contributed by atoms with van der Waals surface area (Å²) in [4.78, 5) is 4.75. The molecule has 1 aliphatic carbocycles.